The summed E-state index contributed by atoms with van der Waals surface area (Å²) in [4.78, 5) is 3.82. The van der Waals surface area contributed by atoms with E-state index in [0.717, 1.165) is 11.6 Å². The minimum absolute atomic E-state index is 0.265. The highest BCUT2D eigenvalue weighted by Gasteiger charge is 2.28. The fourth-order valence-corrected chi connectivity index (χ4v) is 4.46. The Morgan fingerprint density at radius 1 is 0.917 bits per heavy atom. The second kappa shape index (κ2) is 6.54. The molecule has 1 unspecified atom stereocenters. The van der Waals surface area contributed by atoms with Gasteiger partial charge in [-0.15, -0.1) is 0 Å². The molecule has 0 saturated heterocycles. The number of anilines is 1. The molecule has 0 fully saturated rings. The highest BCUT2D eigenvalue weighted by Crippen LogP contribution is 2.46. The zero-order valence-corrected chi connectivity index (χ0v) is 15.0. The van der Waals surface area contributed by atoms with Crippen molar-refractivity contribution in [2.24, 2.45) is 0 Å². The first-order valence-electron chi connectivity index (χ1n) is 8.04. The lowest BCUT2D eigenvalue weighted by molar-refractivity contribution is 0.755. The van der Waals surface area contributed by atoms with E-state index in [1.165, 1.54) is 27.3 Å². The lowest BCUT2D eigenvalue weighted by Crippen LogP contribution is -2.29. The Balaban J connectivity index is 1.78. The summed E-state index contributed by atoms with van der Waals surface area (Å²) in [6, 6.07) is 25.7. The third kappa shape index (κ3) is 3.04. The SMILES string of the molecule is Cc1ccc(C2Sc3ccccc3CN2c2ccc(Cl)cc2)cc1. The van der Waals surface area contributed by atoms with Gasteiger partial charge in [0.2, 0.25) is 0 Å². The Bertz CT molecular complexity index is 770. The molecular formula is C21H18ClNS. The van der Waals surface area contributed by atoms with Gasteiger partial charge < -0.3 is 4.90 Å². The molecular weight excluding hydrogens is 334 g/mol. The van der Waals surface area contributed by atoms with Gasteiger partial charge in [0.05, 0.1) is 0 Å². The zero-order chi connectivity index (χ0) is 16.5. The molecule has 0 aromatic heterocycles. The van der Waals surface area contributed by atoms with Gasteiger partial charge in [-0.2, -0.15) is 0 Å². The minimum atomic E-state index is 0.265. The summed E-state index contributed by atoms with van der Waals surface area (Å²) in [5.41, 5.74) is 5.20. The first-order chi connectivity index (χ1) is 11.7. The summed E-state index contributed by atoms with van der Waals surface area (Å²) in [5, 5.41) is 1.04. The molecule has 1 aliphatic rings. The van der Waals surface area contributed by atoms with Gasteiger partial charge in [0.15, 0.2) is 0 Å². The fraction of sp³-hybridized carbons (Fsp3) is 0.143. The number of benzene rings is 3. The van der Waals surface area contributed by atoms with Crippen LogP contribution >= 0.6 is 23.4 Å². The van der Waals surface area contributed by atoms with E-state index < -0.39 is 0 Å². The van der Waals surface area contributed by atoms with Crippen molar-refractivity contribution in [2.45, 2.75) is 23.7 Å². The van der Waals surface area contributed by atoms with Crippen LogP contribution in [0.3, 0.4) is 0 Å². The largest absolute Gasteiger partial charge is 0.351 e. The highest BCUT2D eigenvalue weighted by atomic mass is 35.5. The molecule has 3 heteroatoms. The van der Waals surface area contributed by atoms with Crippen LogP contribution in [0.4, 0.5) is 5.69 Å². The van der Waals surface area contributed by atoms with Crippen molar-refractivity contribution in [3.8, 4) is 0 Å². The van der Waals surface area contributed by atoms with Crippen LogP contribution in [0, 0.1) is 6.92 Å². The molecule has 4 rings (SSSR count). The van der Waals surface area contributed by atoms with Gasteiger partial charge in [-0.25, -0.2) is 0 Å². The molecule has 1 aliphatic heterocycles. The van der Waals surface area contributed by atoms with E-state index in [1.807, 2.05) is 23.9 Å². The number of hydrogen-bond acceptors (Lipinski definition) is 2. The molecule has 0 radical (unpaired) electrons. The van der Waals surface area contributed by atoms with E-state index in [4.69, 9.17) is 11.6 Å². The lowest BCUT2D eigenvalue weighted by Gasteiger charge is -2.38. The van der Waals surface area contributed by atoms with Gasteiger partial charge >= 0.3 is 0 Å². The molecule has 0 spiro atoms. The molecule has 0 bridgehead atoms. The van der Waals surface area contributed by atoms with Gasteiger partial charge in [-0.05, 0) is 48.4 Å². The van der Waals surface area contributed by atoms with Crippen LogP contribution in [-0.2, 0) is 6.54 Å². The second-order valence-corrected chi connectivity index (χ2v) is 7.65. The zero-order valence-electron chi connectivity index (χ0n) is 13.4. The molecule has 1 atom stereocenters. The van der Waals surface area contributed by atoms with Crippen LogP contribution in [0.15, 0.2) is 77.7 Å². The number of aryl methyl sites for hydroxylation is 1. The average Bonchev–Trinajstić information content (AvgIpc) is 2.62. The van der Waals surface area contributed by atoms with Crippen molar-refractivity contribution < 1.29 is 0 Å². The Labute approximate surface area is 152 Å². The van der Waals surface area contributed by atoms with E-state index >= 15 is 0 Å². The van der Waals surface area contributed by atoms with Crippen molar-refractivity contribution >= 4 is 29.1 Å². The van der Waals surface area contributed by atoms with Crippen molar-refractivity contribution in [1.82, 2.24) is 0 Å². The first kappa shape index (κ1) is 15.6. The van der Waals surface area contributed by atoms with E-state index in [2.05, 4.69) is 72.5 Å². The average molecular weight is 352 g/mol. The monoisotopic (exact) mass is 351 g/mol. The molecule has 0 amide bonds. The number of hydrogen-bond donors (Lipinski definition) is 0. The summed E-state index contributed by atoms with van der Waals surface area (Å²) < 4.78 is 0. The van der Waals surface area contributed by atoms with Gasteiger partial charge in [0, 0.05) is 22.2 Å². The Hall–Kier alpha value is -1.90. The van der Waals surface area contributed by atoms with E-state index in [9.17, 15) is 0 Å². The molecule has 0 saturated carbocycles. The number of fused-ring (bicyclic) bond motifs is 1. The maximum Gasteiger partial charge on any atom is 0.105 e. The van der Waals surface area contributed by atoms with Crippen LogP contribution in [-0.4, -0.2) is 0 Å². The quantitative estimate of drug-likeness (QED) is 0.521. The van der Waals surface area contributed by atoms with Crippen molar-refractivity contribution in [2.75, 3.05) is 4.90 Å². The van der Waals surface area contributed by atoms with Gasteiger partial charge in [-0.3, -0.25) is 0 Å². The maximum absolute atomic E-state index is 6.08. The summed E-state index contributed by atoms with van der Waals surface area (Å²) in [6.45, 7) is 3.04. The molecule has 120 valence electrons. The highest BCUT2D eigenvalue weighted by molar-refractivity contribution is 7.99. The van der Waals surface area contributed by atoms with Crippen LogP contribution < -0.4 is 4.90 Å². The molecule has 1 heterocycles. The standard InChI is InChI=1S/C21H18ClNS/c1-15-6-8-16(9-7-15)21-23(19-12-10-18(22)11-13-19)14-17-4-2-3-5-20(17)24-21/h2-13,21H,14H2,1H3. The maximum atomic E-state index is 6.08. The normalized spacial score (nSPS) is 16.8. The smallest absolute Gasteiger partial charge is 0.105 e. The van der Waals surface area contributed by atoms with Crippen LogP contribution in [0.2, 0.25) is 5.02 Å². The van der Waals surface area contributed by atoms with Gasteiger partial charge in [0.1, 0.15) is 5.37 Å². The summed E-state index contributed by atoms with van der Waals surface area (Å²) >= 11 is 7.99. The number of halogens is 1. The molecule has 3 aromatic rings. The van der Waals surface area contributed by atoms with E-state index in [-0.39, 0.29) is 5.37 Å². The molecule has 1 nitrogen and oxygen atoms in total. The summed E-state index contributed by atoms with van der Waals surface area (Å²) in [6.07, 6.45) is 0. The number of nitrogens with zero attached hydrogens (tertiary/aromatic N) is 1. The summed E-state index contributed by atoms with van der Waals surface area (Å²) in [7, 11) is 0. The number of rotatable bonds is 2. The predicted molar refractivity (Wildman–Crippen MR) is 104 cm³/mol. The van der Waals surface area contributed by atoms with E-state index in [1.54, 1.807) is 0 Å². The Morgan fingerprint density at radius 3 is 2.38 bits per heavy atom. The third-order valence-electron chi connectivity index (χ3n) is 4.36. The van der Waals surface area contributed by atoms with Gasteiger partial charge in [0.25, 0.3) is 0 Å². The molecule has 3 aromatic carbocycles. The number of thioether (sulfide) groups is 1. The predicted octanol–water partition coefficient (Wildman–Crippen LogP) is 6.46. The Kier molecular flexibility index (Phi) is 4.26. The van der Waals surface area contributed by atoms with Crippen LogP contribution in [0.25, 0.3) is 0 Å². The Morgan fingerprint density at radius 2 is 1.62 bits per heavy atom. The second-order valence-electron chi connectivity index (χ2n) is 6.09. The molecule has 24 heavy (non-hydrogen) atoms. The topological polar surface area (TPSA) is 3.24 Å². The lowest BCUT2D eigenvalue weighted by atomic mass is 10.1. The fourth-order valence-electron chi connectivity index (χ4n) is 3.04. The van der Waals surface area contributed by atoms with Gasteiger partial charge in [-0.1, -0.05) is 71.4 Å². The third-order valence-corrected chi connectivity index (χ3v) is 6.01. The summed E-state index contributed by atoms with van der Waals surface area (Å²) in [5.74, 6) is 0. The minimum Gasteiger partial charge on any atom is -0.351 e. The van der Waals surface area contributed by atoms with Crippen molar-refractivity contribution in [3.05, 3.63) is 94.5 Å². The van der Waals surface area contributed by atoms with E-state index in [0.29, 0.717) is 0 Å². The van der Waals surface area contributed by atoms with Crippen molar-refractivity contribution in [1.29, 1.82) is 0 Å². The van der Waals surface area contributed by atoms with Crippen molar-refractivity contribution in [3.63, 3.8) is 0 Å². The molecule has 0 N–H and O–H groups in total. The first-order valence-corrected chi connectivity index (χ1v) is 9.30. The van der Waals surface area contributed by atoms with Crippen LogP contribution in [0.5, 0.6) is 0 Å². The molecule has 0 aliphatic carbocycles. The van der Waals surface area contributed by atoms with Crippen LogP contribution in [0.1, 0.15) is 22.1 Å².